The summed E-state index contributed by atoms with van der Waals surface area (Å²) in [6.07, 6.45) is -0.310. The van der Waals surface area contributed by atoms with Gasteiger partial charge in [0.15, 0.2) is 0 Å². The van der Waals surface area contributed by atoms with Crippen molar-refractivity contribution in [1.29, 1.82) is 0 Å². The zero-order valence-electron chi connectivity index (χ0n) is 15.8. The van der Waals surface area contributed by atoms with Crippen molar-refractivity contribution in [3.63, 3.8) is 0 Å². The lowest BCUT2D eigenvalue weighted by Crippen LogP contribution is -2.45. The predicted octanol–water partition coefficient (Wildman–Crippen LogP) is 4.07. The highest BCUT2D eigenvalue weighted by Gasteiger charge is 2.34. The lowest BCUT2D eigenvalue weighted by Gasteiger charge is -2.30. The lowest BCUT2D eigenvalue weighted by molar-refractivity contribution is -0.143. The summed E-state index contributed by atoms with van der Waals surface area (Å²) in [5, 5.41) is 6.05. The molecule has 0 aromatic heterocycles. The Morgan fingerprint density at radius 3 is 2.46 bits per heavy atom. The van der Waals surface area contributed by atoms with E-state index in [0.717, 1.165) is 0 Å². The predicted molar refractivity (Wildman–Crippen MR) is 107 cm³/mol. The van der Waals surface area contributed by atoms with Gasteiger partial charge in [-0.3, -0.25) is 0 Å². The topological polar surface area (TPSA) is 76.7 Å². The van der Waals surface area contributed by atoms with Crippen LogP contribution >= 0.6 is 11.6 Å². The molecule has 0 radical (unpaired) electrons. The number of carbonyl (C=O) groups is 2. The van der Waals surface area contributed by atoms with Gasteiger partial charge in [-0.15, -0.1) is 0 Å². The number of nitrogens with one attached hydrogen (secondary N) is 2. The maximum Gasteiger partial charge on any atom is 0.338 e. The van der Waals surface area contributed by atoms with Gasteiger partial charge in [0.25, 0.3) is 0 Å². The minimum Gasteiger partial charge on any atom is -0.497 e. The van der Waals surface area contributed by atoms with Crippen molar-refractivity contribution in [3.8, 4) is 5.75 Å². The third-order valence-electron chi connectivity index (χ3n) is 4.20. The van der Waals surface area contributed by atoms with Gasteiger partial charge in [0, 0.05) is 5.02 Å². The van der Waals surface area contributed by atoms with Gasteiger partial charge in [0.1, 0.15) is 5.75 Å². The second-order valence-electron chi connectivity index (χ2n) is 6.56. The quantitative estimate of drug-likeness (QED) is 0.742. The summed E-state index contributed by atoms with van der Waals surface area (Å²) in [5.41, 5.74) is 2.05. The van der Waals surface area contributed by atoms with Crippen LogP contribution in [0.25, 0.3) is 5.70 Å². The fourth-order valence-electron chi connectivity index (χ4n) is 2.98. The molecule has 7 heteroatoms. The van der Waals surface area contributed by atoms with E-state index in [9.17, 15) is 9.59 Å². The molecule has 2 aromatic carbocycles. The number of urea groups is 1. The first kappa shape index (κ1) is 19.8. The number of ether oxygens (including phenoxy) is 2. The normalized spacial score (nSPS) is 16.5. The fourth-order valence-corrected chi connectivity index (χ4v) is 3.18. The average molecular weight is 401 g/mol. The molecule has 3 rings (SSSR count). The van der Waals surface area contributed by atoms with Crippen molar-refractivity contribution in [1.82, 2.24) is 10.6 Å². The molecule has 0 saturated carbocycles. The number of hydrogen-bond acceptors (Lipinski definition) is 4. The SMILES string of the molecule is COc1ccc(C2=C(C(=O)OC(C)C)C(c3cccc(Cl)c3)NC(=O)N2)cc1. The highest BCUT2D eigenvalue weighted by atomic mass is 35.5. The van der Waals surface area contributed by atoms with Gasteiger partial charge in [-0.2, -0.15) is 0 Å². The first-order valence-electron chi connectivity index (χ1n) is 8.81. The number of rotatable bonds is 5. The van der Waals surface area contributed by atoms with Crippen molar-refractivity contribution in [2.75, 3.05) is 7.11 Å². The van der Waals surface area contributed by atoms with E-state index in [1.54, 1.807) is 69.5 Å². The van der Waals surface area contributed by atoms with Crippen molar-refractivity contribution in [2.24, 2.45) is 0 Å². The van der Waals surface area contributed by atoms with E-state index < -0.39 is 18.0 Å². The number of carbonyl (C=O) groups excluding carboxylic acids is 2. The molecule has 0 aliphatic carbocycles. The van der Waals surface area contributed by atoms with E-state index in [0.29, 0.717) is 33.2 Å². The van der Waals surface area contributed by atoms with Crippen LogP contribution in [0.1, 0.15) is 31.0 Å². The van der Waals surface area contributed by atoms with Crippen LogP contribution in [-0.2, 0) is 9.53 Å². The highest BCUT2D eigenvalue weighted by molar-refractivity contribution is 6.30. The summed E-state index contributed by atoms with van der Waals surface area (Å²) in [4.78, 5) is 25.3. The Hall–Kier alpha value is -2.99. The van der Waals surface area contributed by atoms with Crippen molar-refractivity contribution < 1.29 is 19.1 Å². The van der Waals surface area contributed by atoms with Gasteiger partial charge >= 0.3 is 12.0 Å². The Labute approximate surface area is 168 Å². The number of hydrogen-bond donors (Lipinski definition) is 2. The Morgan fingerprint density at radius 1 is 1.14 bits per heavy atom. The molecule has 146 valence electrons. The highest BCUT2D eigenvalue weighted by Crippen LogP contribution is 2.33. The molecule has 0 spiro atoms. The number of benzene rings is 2. The van der Waals surface area contributed by atoms with E-state index in [2.05, 4.69) is 10.6 Å². The van der Waals surface area contributed by atoms with Crippen molar-refractivity contribution in [3.05, 3.63) is 70.3 Å². The number of esters is 1. The van der Waals surface area contributed by atoms with Gasteiger partial charge in [0.2, 0.25) is 0 Å². The average Bonchev–Trinajstić information content (AvgIpc) is 2.66. The maximum absolute atomic E-state index is 13.0. The molecule has 28 heavy (non-hydrogen) atoms. The molecule has 1 heterocycles. The zero-order valence-corrected chi connectivity index (χ0v) is 16.5. The molecule has 0 bridgehead atoms. The molecule has 1 atom stereocenters. The Bertz CT molecular complexity index is 922. The number of amides is 2. The van der Waals surface area contributed by atoms with Gasteiger partial charge in [0.05, 0.1) is 30.5 Å². The van der Waals surface area contributed by atoms with E-state index >= 15 is 0 Å². The van der Waals surface area contributed by atoms with E-state index in [-0.39, 0.29) is 6.10 Å². The molecule has 1 aliphatic rings. The minimum atomic E-state index is -0.698. The van der Waals surface area contributed by atoms with Crippen LogP contribution in [0.2, 0.25) is 5.02 Å². The molecule has 2 N–H and O–H groups in total. The maximum atomic E-state index is 13.0. The molecule has 0 fully saturated rings. The lowest BCUT2D eigenvalue weighted by atomic mass is 9.92. The van der Waals surface area contributed by atoms with Gasteiger partial charge in [-0.25, -0.2) is 9.59 Å². The van der Waals surface area contributed by atoms with Crippen LogP contribution in [-0.4, -0.2) is 25.2 Å². The van der Waals surface area contributed by atoms with Crippen LogP contribution in [0.3, 0.4) is 0 Å². The smallest absolute Gasteiger partial charge is 0.338 e. The number of methoxy groups -OCH3 is 1. The molecule has 1 aliphatic heterocycles. The second-order valence-corrected chi connectivity index (χ2v) is 6.99. The van der Waals surface area contributed by atoms with Crippen LogP contribution in [0.5, 0.6) is 5.75 Å². The minimum absolute atomic E-state index is 0.306. The molecule has 2 amide bonds. The second kappa shape index (κ2) is 8.35. The third-order valence-corrected chi connectivity index (χ3v) is 4.43. The first-order chi connectivity index (χ1) is 13.4. The molecule has 6 nitrogen and oxygen atoms in total. The fraction of sp³-hybridized carbons (Fsp3) is 0.238. The van der Waals surface area contributed by atoms with Crippen LogP contribution in [0.4, 0.5) is 4.79 Å². The van der Waals surface area contributed by atoms with E-state index in [4.69, 9.17) is 21.1 Å². The van der Waals surface area contributed by atoms with Gasteiger partial charge in [-0.05, 0) is 61.4 Å². The largest absolute Gasteiger partial charge is 0.497 e. The van der Waals surface area contributed by atoms with Gasteiger partial charge < -0.3 is 20.1 Å². The third kappa shape index (κ3) is 4.28. The van der Waals surface area contributed by atoms with Crippen molar-refractivity contribution in [2.45, 2.75) is 26.0 Å². The monoisotopic (exact) mass is 400 g/mol. The zero-order chi connectivity index (χ0) is 20.3. The van der Waals surface area contributed by atoms with Crippen LogP contribution in [0, 0.1) is 0 Å². The Balaban J connectivity index is 2.16. The summed E-state index contributed by atoms with van der Waals surface area (Å²) >= 11 is 6.12. The Morgan fingerprint density at radius 2 is 1.86 bits per heavy atom. The van der Waals surface area contributed by atoms with Gasteiger partial charge in [-0.1, -0.05) is 23.7 Å². The molecule has 0 saturated heterocycles. The van der Waals surface area contributed by atoms with E-state index in [1.807, 2.05) is 0 Å². The Kier molecular flexibility index (Phi) is 5.90. The summed E-state index contributed by atoms with van der Waals surface area (Å²) in [6, 6.07) is 13.0. The summed E-state index contributed by atoms with van der Waals surface area (Å²) in [5.74, 6) is 0.153. The molecular weight excluding hydrogens is 380 g/mol. The molecular formula is C21H21ClN2O4. The number of halogens is 1. The molecule has 2 aromatic rings. The summed E-state index contributed by atoms with van der Waals surface area (Å²) in [6.45, 7) is 3.55. The summed E-state index contributed by atoms with van der Waals surface area (Å²) in [7, 11) is 1.57. The molecule has 1 unspecified atom stereocenters. The first-order valence-corrected chi connectivity index (χ1v) is 9.19. The van der Waals surface area contributed by atoms with Crippen LogP contribution in [0.15, 0.2) is 54.1 Å². The summed E-state index contributed by atoms with van der Waals surface area (Å²) < 4.78 is 10.6. The van der Waals surface area contributed by atoms with E-state index in [1.165, 1.54) is 0 Å². The van der Waals surface area contributed by atoms with Crippen LogP contribution < -0.4 is 15.4 Å². The van der Waals surface area contributed by atoms with Crippen molar-refractivity contribution >= 4 is 29.3 Å². The standard InChI is InChI=1S/C21H21ClN2O4/c1-12(2)28-20(25)17-18(13-7-9-16(27-3)10-8-13)23-21(26)24-19(17)14-5-4-6-15(22)11-14/h4-12,19H,1-3H3,(H2,23,24,26).